The highest BCUT2D eigenvalue weighted by Crippen LogP contribution is 2.50. The Morgan fingerprint density at radius 3 is 2.31 bits per heavy atom. The Balaban J connectivity index is 1.94. The van der Waals surface area contributed by atoms with Crippen LogP contribution in [0, 0.1) is 6.92 Å². The molecule has 1 N–H and O–H groups in total. The summed E-state index contributed by atoms with van der Waals surface area (Å²) < 4.78 is 79.6. The van der Waals surface area contributed by atoms with E-state index in [1.807, 2.05) is 0 Å². The van der Waals surface area contributed by atoms with Crippen molar-refractivity contribution in [2.24, 2.45) is 5.16 Å². The summed E-state index contributed by atoms with van der Waals surface area (Å²) in [6.45, 7) is 1.44. The number of hydrogen-bond donors (Lipinski definition) is 1. The molecule has 32 heavy (non-hydrogen) atoms. The highest BCUT2D eigenvalue weighted by atomic mass is 35.5. The van der Waals surface area contributed by atoms with Crippen LogP contribution >= 0.6 is 23.2 Å². The third-order valence-corrected chi connectivity index (χ3v) is 5.23. The Kier molecular flexibility index (Phi) is 6.41. The highest BCUT2D eigenvalue weighted by molar-refractivity contribution is 6.34. The molecular weight excluding hydrogens is 485 g/mol. The Bertz CT molecular complexity index is 1060. The van der Waals surface area contributed by atoms with Gasteiger partial charge in [-0.1, -0.05) is 40.5 Å². The predicted octanol–water partition coefficient (Wildman–Crippen LogP) is 6.77. The fourth-order valence-electron chi connectivity index (χ4n) is 3.30. The van der Waals surface area contributed by atoms with Gasteiger partial charge in [-0.25, -0.2) is 0 Å². The first-order valence-electron chi connectivity index (χ1n) is 8.97. The van der Waals surface area contributed by atoms with E-state index in [0.717, 1.165) is 12.1 Å². The maximum absolute atomic E-state index is 14.1. The molecule has 3 rings (SSSR count). The van der Waals surface area contributed by atoms with Gasteiger partial charge in [-0.05, 0) is 36.8 Å². The van der Waals surface area contributed by atoms with Crippen LogP contribution in [-0.4, -0.2) is 24.0 Å². The number of nitrogens with zero attached hydrogens (tertiary/aromatic N) is 1. The molecule has 2 aromatic rings. The predicted molar refractivity (Wildman–Crippen MR) is 107 cm³/mol. The van der Waals surface area contributed by atoms with Crippen LogP contribution in [0.5, 0.6) is 0 Å². The molecule has 2 aromatic carbocycles. The van der Waals surface area contributed by atoms with Gasteiger partial charge in [0, 0.05) is 33.3 Å². The van der Waals surface area contributed by atoms with Crippen molar-refractivity contribution in [1.29, 1.82) is 0 Å². The van der Waals surface area contributed by atoms with E-state index in [4.69, 9.17) is 28.0 Å². The van der Waals surface area contributed by atoms with Crippen LogP contribution in [-0.2, 0) is 15.2 Å². The van der Waals surface area contributed by atoms with Crippen LogP contribution in [0.25, 0.3) is 0 Å². The number of carbonyl (C=O) groups excluding carboxylic acids is 1. The van der Waals surface area contributed by atoms with Crippen molar-refractivity contribution >= 4 is 40.5 Å². The second-order valence-electron chi connectivity index (χ2n) is 7.11. The van der Waals surface area contributed by atoms with Crippen molar-refractivity contribution in [2.45, 2.75) is 37.7 Å². The van der Waals surface area contributed by atoms with Crippen molar-refractivity contribution in [2.75, 3.05) is 5.32 Å². The molecule has 0 saturated heterocycles. The molecule has 1 amide bonds. The second-order valence-corrected chi connectivity index (χ2v) is 7.98. The summed E-state index contributed by atoms with van der Waals surface area (Å²) in [4.78, 5) is 16.6. The van der Waals surface area contributed by atoms with Crippen LogP contribution in [0.3, 0.4) is 0 Å². The Hall–Kier alpha value is -2.46. The van der Waals surface area contributed by atoms with Crippen molar-refractivity contribution in [3.05, 3.63) is 63.1 Å². The van der Waals surface area contributed by atoms with Gasteiger partial charge < -0.3 is 10.2 Å². The molecule has 0 aromatic heterocycles. The average molecular weight is 499 g/mol. The molecule has 0 spiro atoms. The summed E-state index contributed by atoms with van der Waals surface area (Å²) in [6.07, 6.45) is -12.1. The van der Waals surface area contributed by atoms with Crippen molar-refractivity contribution in [3.8, 4) is 0 Å². The summed E-state index contributed by atoms with van der Waals surface area (Å²) in [6, 6.07) is 7.54. The van der Waals surface area contributed by atoms with Gasteiger partial charge >= 0.3 is 12.4 Å². The molecule has 4 nitrogen and oxygen atoms in total. The minimum absolute atomic E-state index is 0.00904. The molecule has 0 aliphatic carbocycles. The van der Waals surface area contributed by atoms with Crippen molar-refractivity contribution in [3.63, 3.8) is 0 Å². The van der Waals surface area contributed by atoms with Gasteiger partial charge in [-0.3, -0.25) is 4.79 Å². The molecule has 0 radical (unpaired) electrons. The van der Waals surface area contributed by atoms with E-state index in [1.54, 1.807) is 0 Å². The average Bonchev–Trinajstić information content (AvgIpc) is 3.07. The van der Waals surface area contributed by atoms with Crippen LogP contribution in [0.4, 0.5) is 32.0 Å². The van der Waals surface area contributed by atoms with Gasteiger partial charge in [-0.2, -0.15) is 26.3 Å². The van der Waals surface area contributed by atoms with Crippen molar-refractivity contribution in [1.82, 2.24) is 0 Å². The quantitative estimate of drug-likeness (QED) is 0.472. The van der Waals surface area contributed by atoms with E-state index in [2.05, 4.69) is 10.5 Å². The number of benzene rings is 2. The zero-order valence-corrected chi connectivity index (χ0v) is 17.7. The molecule has 0 saturated carbocycles. The molecule has 1 aliphatic rings. The number of amides is 1. The summed E-state index contributed by atoms with van der Waals surface area (Å²) >= 11 is 11.7. The maximum atomic E-state index is 14.1. The molecule has 1 aliphatic heterocycles. The third-order valence-electron chi connectivity index (χ3n) is 4.79. The second kappa shape index (κ2) is 8.47. The number of halogens is 8. The smallest absolute Gasteiger partial charge is 0.374 e. The van der Waals surface area contributed by atoms with Gasteiger partial charge in [0.05, 0.1) is 5.71 Å². The van der Waals surface area contributed by atoms with Crippen LogP contribution in [0.15, 0.2) is 41.6 Å². The van der Waals surface area contributed by atoms with E-state index in [1.165, 1.54) is 31.2 Å². The van der Waals surface area contributed by atoms with Crippen molar-refractivity contribution < 1.29 is 36.0 Å². The summed E-state index contributed by atoms with van der Waals surface area (Å²) in [7, 11) is 0. The van der Waals surface area contributed by atoms with Gasteiger partial charge in [0.25, 0.3) is 5.60 Å². The van der Waals surface area contributed by atoms with Gasteiger partial charge in [-0.15, -0.1) is 0 Å². The summed E-state index contributed by atoms with van der Waals surface area (Å²) in [5.74, 6) is -1.31. The zero-order valence-electron chi connectivity index (χ0n) is 16.2. The summed E-state index contributed by atoms with van der Waals surface area (Å²) in [5.41, 5.74) is -2.91. The minimum atomic E-state index is -4.90. The first-order chi connectivity index (χ1) is 14.7. The molecule has 1 unspecified atom stereocenters. The Morgan fingerprint density at radius 1 is 1.12 bits per heavy atom. The fraction of sp³-hybridized carbons (Fsp3) is 0.300. The molecule has 12 heteroatoms. The molecule has 1 atom stereocenters. The van der Waals surface area contributed by atoms with E-state index in [0.29, 0.717) is 0 Å². The van der Waals surface area contributed by atoms with Crippen LogP contribution in [0.2, 0.25) is 10.0 Å². The zero-order chi connectivity index (χ0) is 23.9. The number of hydrogen-bond acceptors (Lipinski definition) is 3. The van der Waals surface area contributed by atoms with Gasteiger partial charge in [0.1, 0.15) is 6.42 Å². The monoisotopic (exact) mass is 498 g/mol. The largest absolute Gasteiger partial charge is 0.435 e. The SMILES string of the molecule is Cc1c(NC(=O)CC(F)(F)F)cccc1C1=NOC(c2cc(Cl)cc(Cl)c2)(C(F)(F)F)C1. The normalized spacial score (nSPS) is 18.8. The lowest BCUT2D eigenvalue weighted by Gasteiger charge is -2.29. The van der Waals surface area contributed by atoms with E-state index >= 15 is 0 Å². The summed E-state index contributed by atoms with van der Waals surface area (Å²) in [5, 5.41) is 5.68. The molecule has 172 valence electrons. The standard InChI is InChI=1S/C20H14Cl2F6N2O2/c1-10-14(3-2-4-15(10)29-17(31)9-19(23,24)25)16-8-18(32-30-16,20(26,27)28)11-5-12(21)7-13(22)6-11/h2-7H,8-9H2,1H3,(H,29,31). The van der Waals surface area contributed by atoms with Gasteiger partial charge in [0.15, 0.2) is 0 Å². The lowest BCUT2D eigenvalue weighted by molar-refractivity contribution is -0.275. The lowest BCUT2D eigenvalue weighted by atomic mass is 9.85. The molecule has 1 heterocycles. The van der Waals surface area contributed by atoms with Crippen LogP contribution < -0.4 is 5.32 Å². The van der Waals surface area contributed by atoms with E-state index in [9.17, 15) is 31.1 Å². The Morgan fingerprint density at radius 2 is 1.75 bits per heavy atom. The molecule has 0 fully saturated rings. The third kappa shape index (κ3) is 4.96. The van der Waals surface area contributed by atoms with Crippen LogP contribution in [0.1, 0.15) is 29.5 Å². The topological polar surface area (TPSA) is 50.7 Å². The number of rotatable bonds is 4. The Labute approximate surface area is 188 Å². The first kappa shape index (κ1) is 24.2. The first-order valence-corrected chi connectivity index (χ1v) is 9.72. The number of alkyl halides is 6. The molecule has 0 bridgehead atoms. The highest BCUT2D eigenvalue weighted by Gasteiger charge is 2.62. The van der Waals surface area contributed by atoms with E-state index in [-0.39, 0.29) is 38.1 Å². The minimum Gasteiger partial charge on any atom is -0.374 e. The molecular formula is C20H14Cl2F6N2O2. The fourth-order valence-corrected chi connectivity index (χ4v) is 3.82. The van der Waals surface area contributed by atoms with E-state index < -0.39 is 36.7 Å². The van der Waals surface area contributed by atoms with Gasteiger partial charge in [0.2, 0.25) is 5.91 Å². The number of oxime groups is 1. The number of carbonyl (C=O) groups is 1. The maximum Gasteiger partial charge on any atom is 0.435 e. The number of nitrogens with one attached hydrogen (secondary N) is 1. The number of anilines is 1. The lowest BCUT2D eigenvalue weighted by Crippen LogP contribution is -2.42.